The summed E-state index contributed by atoms with van der Waals surface area (Å²) in [7, 11) is 0. The number of aryl methyl sites for hydroxylation is 2. The van der Waals surface area contributed by atoms with Crippen molar-refractivity contribution in [3.8, 4) is 0 Å². The molecule has 0 saturated carbocycles. The second kappa shape index (κ2) is 7.40. The highest BCUT2D eigenvalue weighted by molar-refractivity contribution is 5.87. The number of rotatable bonds is 7. The molecule has 1 unspecified atom stereocenters. The van der Waals surface area contributed by atoms with Gasteiger partial charge in [0.15, 0.2) is 5.54 Å². The van der Waals surface area contributed by atoms with E-state index < -0.39 is 11.5 Å². The van der Waals surface area contributed by atoms with Gasteiger partial charge in [-0.3, -0.25) is 4.79 Å². The summed E-state index contributed by atoms with van der Waals surface area (Å²) in [5.74, 6) is -1.23. The van der Waals surface area contributed by atoms with Crippen molar-refractivity contribution in [2.24, 2.45) is 0 Å². The van der Waals surface area contributed by atoms with Gasteiger partial charge in [-0.1, -0.05) is 29.8 Å². The number of carbonyl (C=O) groups excluding carboxylic acids is 1. The van der Waals surface area contributed by atoms with Gasteiger partial charge in [-0.15, -0.1) is 0 Å². The fourth-order valence-electron chi connectivity index (χ4n) is 2.58. The van der Waals surface area contributed by atoms with E-state index in [0.717, 1.165) is 19.3 Å². The molecule has 0 bridgehead atoms. The highest BCUT2D eigenvalue weighted by Crippen LogP contribution is 2.19. The molecule has 1 aliphatic heterocycles. The Labute approximate surface area is 130 Å². The number of ether oxygens (including phenoxy) is 1. The number of carbonyl (C=O) groups is 2. The van der Waals surface area contributed by atoms with Crippen molar-refractivity contribution in [2.75, 3.05) is 13.2 Å². The van der Waals surface area contributed by atoms with E-state index in [2.05, 4.69) is 36.5 Å². The Hall–Kier alpha value is -1.88. The molecule has 1 aromatic carbocycles. The molecule has 120 valence electrons. The highest BCUT2D eigenvalue weighted by Gasteiger charge is 2.43. The van der Waals surface area contributed by atoms with E-state index in [1.54, 1.807) is 0 Å². The molecule has 0 aliphatic carbocycles. The Morgan fingerprint density at radius 3 is 2.59 bits per heavy atom. The summed E-state index contributed by atoms with van der Waals surface area (Å²) in [5, 5.41) is 11.9. The molecule has 2 N–H and O–H groups in total. The van der Waals surface area contributed by atoms with E-state index in [1.165, 1.54) is 11.1 Å². The Morgan fingerprint density at radius 1 is 1.27 bits per heavy atom. The minimum atomic E-state index is -1.23. The topological polar surface area (TPSA) is 75.6 Å². The molecular formula is C17H23NO4. The molecule has 1 saturated heterocycles. The number of unbranched alkanes of at least 4 members (excludes halogenated alkanes) is 1. The fourth-order valence-corrected chi connectivity index (χ4v) is 2.58. The first-order valence-corrected chi connectivity index (χ1v) is 7.69. The van der Waals surface area contributed by atoms with E-state index in [1.807, 2.05) is 0 Å². The first-order chi connectivity index (χ1) is 10.5. The van der Waals surface area contributed by atoms with Crippen LogP contribution in [0.5, 0.6) is 0 Å². The predicted molar refractivity (Wildman–Crippen MR) is 82.7 cm³/mol. The monoisotopic (exact) mass is 305 g/mol. The molecule has 0 spiro atoms. The number of carboxylic acid groups (broad SMARTS) is 1. The normalized spacial score (nSPS) is 20.8. The Morgan fingerprint density at radius 2 is 2.00 bits per heavy atom. The summed E-state index contributed by atoms with van der Waals surface area (Å²) in [6.07, 6.45) is 3.27. The minimum absolute atomic E-state index is 0.0530. The lowest BCUT2D eigenvalue weighted by atomic mass is 9.98. The molecular weight excluding hydrogens is 282 g/mol. The number of carboxylic acids is 1. The van der Waals surface area contributed by atoms with E-state index in [9.17, 15) is 14.7 Å². The Balaban J connectivity index is 1.71. The van der Waals surface area contributed by atoms with Crippen molar-refractivity contribution in [3.63, 3.8) is 0 Å². The van der Waals surface area contributed by atoms with Crippen LogP contribution >= 0.6 is 0 Å². The molecule has 1 heterocycles. The van der Waals surface area contributed by atoms with E-state index >= 15 is 0 Å². The second-order valence-corrected chi connectivity index (χ2v) is 5.93. The zero-order chi connectivity index (χ0) is 16.0. The van der Waals surface area contributed by atoms with Crippen LogP contribution in [-0.2, 0) is 20.7 Å². The number of aliphatic carboxylic acids is 1. The van der Waals surface area contributed by atoms with Crippen LogP contribution in [0.4, 0.5) is 0 Å². The van der Waals surface area contributed by atoms with Crippen molar-refractivity contribution in [3.05, 3.63) is 35.4 Å². The van der Waals surface area contributed by atoms with Crippen molar-refractivity contribution in [1.29, 1.82) is 0 Å². The number of hydrogen-bond donors (Lipinski definition) is 2. The van der Waals surface area contributed by atoms with Crippen molar-refractivity contribution in [2.45, 2.75) is 44.6 Å². The maximum absolute atomic E-state index is 11.9. The SMILES string of the molecule is Cc1ccc(CCCCC(=O)NC2(C(=O)O)CCOC2)cc1. The van der Waals surface area contributed by atoms with E-state index in [0.29, 0.717) is 19.4 Å². The van der Waals surface area contributed by atoms with E-state index in [4.69, 9.17) is 4.74 Å². The third-order valence-corrected chi connectivity index (χ3v) is 4.05. The largest absolute Gasteiger partial charge is 0.479 e. The van der Waals surface area contributed by atoms with Gasteiger partial charge in [0.2, 0.25) is 5.91 Å². The zero-order valence-electron chi connectivity index (χ0n) is 12.9. The van der Waals surface area contributed by atoms with Gasteiger partial charge in [-0.2, -0.15) is 0 Å². The van der Waals surface area contributed by atoms with Gasteiger partial charge < -0.3 is 15.2 Å². The summed E-state index contributed by atoms with van der Waals surface area (Å²) < 4.78 is 5.12. The van der Waals surface area contributed by atoms with Gasteiger partial charge in [0.1, 0.15) is 0 Å². The number of benzene rings is 1. The lowest BCUT2D eigenvalue weighted by molar-refractivity contribution is -0.147. The van der Waals surface area contributed by atoms with Gasteiger partial charge >= 0.3 is 5.97 Å². The van der Waals surface area contributed by atoms with Crippen LogP contribution in [0.2, 0.25) is 0 Å². The average Bonchev–Trinajstić information content (AvgIpc) is 2.95. The van der Waals surface area contributed by atoms with Crippen LogP contribution in [0.25, 0.3) is 0 Å². The molecule has 1 fully saturated rings. The Bertz CT molecular complexity index is 518. The molecule has 1 atom stereocenters. The van der Waals surface area contributed by atoms with Crippen LogP contribution in [0.15, 0.2) is 24.3 Å². The molecule has 5 nitrogen and oxygen atoms in total. The number of hydrogen-bond acceptors (Lipinski definition) is 3. The van der Waals surface area contributed by atoms with Crippen LogP contribution in [0.3, 0.4) is 0 Å². The van der Waals surface area contributed by atoms with Crippen LogP contribution < -0.4 is 5.32 Å². The second-order valence-electron chi connectivity index (χ2n) is 5.93. The summed E-state index contributed by atoms with van der Waals surface area (Å²) in [4.78, 5) is 23.2. The maximum Gasteiger partial charge on any atom is 0.331 e. The third kappa shape index (κ3) is 4.31. The third-order valence-electron chi connectivity index (χ3n) is 4.05. The molecule has 1 aromatic rings. The quantitative estimate of drug-likeness (QED) is 0.756. The first-order valence-electron chi connectivity index (χ1n) is 7.69. The molecule has 1 aliphatic rings. The van der Waals surface area contributed by atoms with Gasteiger partial charge in [-0.25, -0.2) is 4.79 Å². The molecule has 22 heavy (non-hydrogen) atoms. The van der Waals surface area contributed by atoms with Crippen LogP contribution in [0.1, 0.15) is 36.8 Å². The molecule has 0 radical (unpaired) electrons. The van der Waals surface area contributed by atoms with E-state index in [-0.39, 0.29) is 12.5 Å². The number of nitrogens with one attached hydrogen (secondary N) is 1. The van der Waals surface area contributed by atoms with Gasteiger partial charge in [0.05, 0.1) is 6.61 Å². The van der Waals surface area contributed by atoms with Crippen molar-refractivity contribution in [1.82, 2.24) is 5.32 Å². The van der Waals surface area contributed by atoms with Crippen molar-refractivity contribution < 1.29 is 19.4 Å². The lowest BCUT2D eigenvalue weighted by Gasteiger charge is -2.23. The fraction of sp³-hybridized carbons (Fsp3) is 0.529. The molecule has 5 heteroatoms. The molecule has 0 aromatic heterocycles. The minimum Gasteiger partial charge on any atom is -0.479 e. The standard InChI is InChI=1S/C17H23NO4/c1-13-6-8-14(9-7-13)4-2-3-5-15(19)18-17(16(20)21)10-11-22-12-17/h6-9H,2-5,10-12H2,1H3,(H,18,19)(H,20,21). The predicted octanol–water partition coefficient (Wildman–Crippen LogP) is 2.07. The summed E-state index contributed by atoms with van der Waals surface area (Å²) >= 11 is 0. The van der Waals surface area contributed by atoms with Gasteiger partial charge in [0.25, 0.3) is 0 Å². The summed E-state index contributed by atoms with van der Waals surface area (Å²) in [6.45, 7) is 2.48. The van der Waals surface area contributed by atoms with Gasteiger partial charge in [0, 0.05) is 19.4 Å². The lowest BCUT2D eigenvalue weighted by Crippen LogP contribution is -2.55. The highest BCUT2D eigenvalue weighted by atomic mass is 16.5. The van der Waals surface area contributed by atoms with Gasteiger partial charge in [-0.05, 0) is 31.7 Å². The van der Waals surface area contributed by atoms with Crippen LogP contribution in [-0.4, -0.2) is 35.7 Å². The summed E-state index contributed by atoms with van der Waals surface area (Å²) in [5.41, 5.74) is 1.27. The Kier molecular flexibility index (Phi) is 5.55. The summed E-state index contributed by atoms with van der Waals surface area (Å²) in [6, 6.07) is 8.37. The molecule has 1 amide bonds. The first kappa shape index (κ1) is 16.5. The zero-order valence-corrected chi connectivity index (χ0v) is 12.9. The van der Waals surface area contributed by atoms with Crippen molar-refractivity contribution >= 4 is 11.9 Å². The average molecular weight is 305 g/mol. The molecule has 2 rings (SSSR count). The van der Waals surface area contributed by atoms with Crippen LogP contribution in [0, 0.1) is 6.92 Å². The number of amides is 1. The maximum atomic E-state index is 11.9. The smallest absolute Gasteiger partial charge is 0.331 e.